The molecule has 4 nitrogen and oxygen atoms in total. The monoisotopic (exact) mass is 232 g/mol. The molecule has 0 N–H and O–H groups in total. The Morgan fingerprint density at radius 2 is 1.19 bits per heavy atom. The maximum absolute atomic E-state index is 6.01. The number of hydrogen-bond donors (Lipinski definition) is 0. The second kappa shape index (κ2) is 5.00. The Morgan fingerprint density at radius 1 is 0.875 bits per heavy atom. The highest BCUT2D eigenvalue weighted by atomic mass is 16.8. The lowest BCUT2D eigenvalue weighted by Crippen LogP contribution is -2.65. The van der Waals surface area contributed by atoms with Gasteiger partial charge in [-0.15, -0.1) is 0 Å². The van der Waals surface area contributed by atoms with Crippen molar-refractivity contribution >= 4 is 0 Å². The molecule has 1 aliphatic rings. The fourth-order valence-electron chi connectivity index (χ4n) is 2.10. The molecule has 0 aromatic carbocycles. The number of ether oxygens (including phenoxy) is 4. The van der Waals surface area contributed by atoms with E-state index in [-0.39, 0.29) is 12.2 Å². The Labute approximate surface area is 98.2 Å². The topological polar surface area (TPSA) is 36.9 Å². The Morgan fingerprint density at radius 3 is 1.38 bits per heavy atom. The SMILES string of the molecule is CCC1OC(C)(OC)[C@@](C)(OC)O[C@H]1CC. The normalized spacial score (nSPS) is 44.6. The van der Waals surface area contributed by atoms with E-state index >= 15 is 0 Å². The van der Waals surface area contributed by atoms with Crippen LogP contribution in [0.15, 0.2) is 0 Å². The van der Waals surface area contributed by atoms with E-state index in [4.69, 9.17) is 18.9 Å². The maximum atomic E-state index is 6.01. The molecule has 0 aromatic heterocycles. The van der Waals surface area contributed by atoms with E-state index in [1.807, 2.05) is 13.8 Å². The van der Waals surface area contributed by atoms with Gasteiger partial charge in [0.15, 0.2) is 0 Å². The summed E-state index contributed by atoms with van der Waals surface area (Å²) in [4.78, 5) is 0. The summed E-state index contributed by atoms with van der Waals surface area (Å²) >= 11 is 0. The summed E-state index contributed by atoms with van der Waals surface area (Å²) < 4.78 is 22.9. The molecule has 1 rings (SSSR count). The first-order chi connectivity index (χ1) is 7.46. The van der Waals surface area contributed by atoms with Gasteiger partial charge >= 0.3 is 0 Å². The first-order valence-electron chi connectivity index (χ1n) is 5.92. The van der Waals surface area contributed by atoms with Crippen molar-refractivity contribution in [1.82, 2.24) is 0 Å². The van der Waals surface area contributed by atoms with Crippen molar-refractivity contribution in [2.24, 2.45) is 0 Å². The van der Waals surface area contributed by atoms with Gasteiger partial charge in [-0.05, 0) is 26.7 Å². The fourth-order valence-corrected chi connectivity index (χ4v) is 2.10. The molecule has 0 aromatic rings. The van der Waals surface area contributed by atoms with Gasteiger partial charge in [0.2, 0.25) is 11.6 Å². The maximum Gasteiger partial charge on any atom is 0.220 e. The molecule has 0 saturated carbocycles. The van der Waals surface area contributed by atoms with Crippen LogP contribution in [0.5, 0.6) is 0 Å². The van der Waals surface area contributed by atoms with Crippen LogP contribution in [0.1, 0.15) is 40.5 Å². The molecule has 0 spiro atoms. The zero-order chi connectivity index (χ0) is 12.4. The third-order valence-corrected chi connectivity index (χ3v) is 3.58. The third kappa shape index (κ3) is 2.12. The minimum Gasteiger partial charge on any atom is -0.349 e. The van der Waals surface area contributed by atoms with Gasteiger partial charge in [-0.25, -0.2) is 0 Å². The lowest BCUT2D eigenvalue weighted by Gasteiger charge is -2.52. The number of hydrogen-bond acceptors (Lipinski definition) is 4. The van der Waals surface area contributed by atoms with E-state index < -0.39 is 11.6 Å². The zero-order valence-electron chi connectivity index (χ0n) is 11.2. The zero-order valence-corrected chi connectivity index (χ0v) is 11.2. The predicted molar refractivity (Wildman–Crippen MR) is 61.2 cm³/mol. The van der Waals surface area contributed by atoms with Gasteiger partial charge in [0.25, 0.3) is 0 Å². The predicted octanol–water partition coefficient (Wildman–Crippen LogP) is 2.32. The highest BCUT2D eigenvalue weighted by molar-refractivity contribution is 4.90. The van der Waals surface area contributed by atoms with Gasteiger partial charge in [-0.2, -0.15) is 0 Å². The summed E-state index contributed by atoms with van der Waals surface area (Å²) in [5, 5.41) is 0. The Bertz CT molecular complexity index is 209. The molecule has 96 valence electrons. The van der Waals surface area contributed by atoms with Crippen molar-refractivity contribution in [2.45, 2.75) is 64.3 Å². The van der Waals surface area contributed by atoms with Gasteiger partial charge in [-0.3, -0.25) is 0 Å². The molecule has 4 heteroatoms. The van der Waals surface area contributed by atoms with Gasteiger partial charge in [0.1, 0.15) is 0 Å². The first kappa shape index (κ1) is 13.9. The van der Waals surface area contributed by atoms with Gasteiger partial charge in [-0.1, -0.05) is 13.8 Å². The van der Waals surface area contributed by atoms with Crippen LogP contribution in [0.2, 0.25) is 0 Å². The lowest BCUT2D eigenvalue weighted by molar-refractivity contribution is -0.448. The summed E-state index contributed by atoms with van der Waals surface area (Å²) in [5.74, 6) is -1.73. The second-order valence-corrected chi connectivity index (χ2v) is 4.43. The van der Waals surface area contributed by atoms with Gasteiger partial charge in [0.05, 0.1) is 12.2 Å². The minimum atomic E-state index is -0.867. The molecule has 0 amide bonds. The summed E-state index contributed by atoms with van der Waals surface area (Å²) in [7, 11) is 3.22. The van der Waals surface area contributed by atoms with E-state index in [9.17, 15) is 0 Å². The van der Waals surface area contributed by atoms with Crippen LogP contribution in [0.3, 0.4) is 0 Å². The van der Waals surface area contributed by atoms with Crippen LogP contribution < -0.4 is 0 Å². The van der Waals surface area contributed by atoms with Gasteiger partial charge in [0, 0.05) is 14.2 Å². The largest absolute Gasteiger partial charge is 0.349 e. The van der Waals surface area contributed by atoms with Crippen molar-refractivity contribution in [3.8, 4) is 0 Å². The molecule has 0 aliphatic carbocycles. The average Bonchev–Trinajstić information content (AvgIpc) is 2.31. The van der Waals surface area contributed by atoms with Crippen LogP contribution in [0, 0.1) is 0 Å². The molecule has 0 radical (unpaired) electrons. The smallest absolute Gasteiger partial charge is 0.220 e. The van der Waals surface area contributed by atoms with Crippen LogP contribution in [-0.2, 0) is 18.9 Å². The Balaban J connectivity index is 2.94. The molecule has 2 unspecified atom stereocenters. The Hall–Kier alpha value is -0.160. The van der Waals surface area contributed by atoms with E-state index in [0.717, 1.165) is 12.8 Å². The van der Waals surface area contributed by atoms with E-state index in [2.05, 4.69) is 13.8 Å². The Kier molecular flexibility index (Phi) is 4.35. The standard InChI is InChI=1S/C12H24O4/c1-7-9-10(8-2)16-12(4,14-6)11(3,13-5)15-9/h9-10H,7-8H2,1-6H3/t9-,10?,11-,12?/m0/s1. The quantitative estimate of drug-likeness (QED) is 0.745. The highest BCUT2D eigenvalue weighted by Crippen LogP contribution is 2.40. The van der Waals surface area contributed by atoms with Crippen molar-refractivity contribution in [3.63, 3.8) is 0 Å². The summed E-state index contributed by atoms with van der Waals surface area (Å²) in [6, 6.07) is 0. The van der Waals surface area contributed by atoms with Crippen molar-refractivity contribution in [3.05, 3.63) is 0 Å². The van der Waals surface area contributed by atoms with Crippen LogP contribution in [-0.4, -0.2) is 38.0 Å². The lowest BCUT2D eigenvalue weighted by atomic mass is 10.0. The van der Waals surface area contributed by atoms with Crippen LogP contribution in [0.25, 0.3) is 0 Å². The average molecular weight is 232 g/mol. The number of methoxy groups -OCH3 is 2. The molecular formula is C12H24O4. The highest BCUT2D eigenvalue weighted by Gasteiger charge is 2.55. The molecular weight excluding hydrogens is 208 g/mol. The molecule has 1 saturated heterocycles. The summed E-state index contributed by atoms with van der Waals surface area (Å²) in [5.41, 5.74) is 0. The van der Waals surface area contributed by atoms with Crippen molar-refractivity contribution in [1.29, 1.82) is 0 Å². The molecule has 1 aliphatic heterocycles. The minimum absolute atomic E-state index is 0.0539. The fraction of sp³-hybridized carbons (Fsp3) is 1.00. The van der Waals surface area contributed by atoms with Crippen LogP contribution >= 0.6 is 0 Å². The van der Waals surface area contributed by atoms with Crippen LogP contribution in [0.4, 0.5) is 0 Å². The van der Waals surface area contributed by atoms with E-state index in [1.165, 1.54) is 0 Å². The molecule has 1 heterocycles. The van der Waals surface area contributed by atoms with Gasteiger partial charge < -0.3 is 18.9 Å². The van der Waals surface area contributed by atoms with Crippen molar-refractivity contribution < 1.29 is 18.9 Å². The van der Waals surface area contributed by atoms with E-state index in [0.29, 0.717) is 0 Å². The molecule has 1 fully saturated rings. The molecule has 0 bridgehead atoms. The number of rotatable bonds is 4. The third-order valence-electron chi connectivity index (χ3n) is 3.58. The molecule has 4 atom stereocenters. The first-order valence-corrected chi connectivity index (χ1v) is 5.92. The summed E-state index contributed by atoms with van der Waals surface area (Å²) in [6.07, 6.45) is 1.91. The van der Waals surface area contributed by atoms with E-state index in [1.54, 1.807) is 14.2 Å². The van der Waals surface area contributed by atoms with Crippen molar-refractivity contribution in [2.75, 3.05) is 14.2 Å². The second-order valence-electron chi connectivity index (χ2n) is 4.43. The summed E-state index contributed by atoms with van der Waals surface area (Å²) in [6.45, 7) is 7.88. The molecule has 16 heavy (non-hydrogen) atoms.